The van der Waals surface area contributed by atoms with Crippen molar-refractivity contribution in [2.45, 2.75) is 64.6 Å². The number of halogens is 1. The highest BCUT2D eigenvalue weighted by Gasteiger charge is 2.19. The molecule has 1 fully saturated rings. The number of fused-ring (bicyclic) bond motifs is 1. The van der Waals surface area contributed by atoms with E-state index in [1.54, 1.807) is 17.8 Å². The molecule has 0 radical (unpaired) electrons. The van der Waals surface area contributed by atoms with Crippen LogP contribution in [0.3, 0.4) is 0 Å². The molecule has 0 spiro atoms. The van der Waals surface area contributed by atoms with Gasteiger partial charge in [0.15, 0.2) is 6.29 Å². The summed E-state index contributed by atoms with van der Waals surface area (Å²) in [5.74, 6) is 0. The first-order valence-electron chi connectivity index (χ1n) is 9.94. The second kappa shape index (κ2) is 9.26. The number of pyridine rings is 1. The van der Waals surface area contributed by atoms with E-state index >= 15 is 0 Å². The molecule has 0 aromatic carbocycles. The molecule has 28 heavy (non-hydrogen) atoms. The summed E-state index contributed by atoms with van der Waals surface area (Å²) in [6, 6.07) is 3.03. The van der Waals surface area contributed by atoms with Crippen LogP contribution in [0.5, 0.6) is 0 Å². The zero-order valence-electron chi connectivity index (χ0n) is 17.3. The highest BCUT2D eigenvalue weighted by Crippen LogP contribution is 2.26. The van der Waals surface area contributed by atoms with Gasteiger partial charge in [0.05, 0.1) is 22.0 Å². The van der Waals surface area contributed by atoms with Crippen LogP contribution in [-0.2, 0) is 34.6 Å². The number of aryl methyl sites for hydroxylation is 1. The lowest BCUT2D eigenvalue weighted by atomic mass is 10.2. The van der Waals surface area contributed by atoms with Crippen molar-refractivity contribution < 1.29 is 14.2 Å². The molecule has 0 saturated carbocycles. The normalized spacial score (nSPS) is 18.1. The lowest BCUT2D eigenvalue weighted by Gasteiger charge is -2.23. The second-order valence-electron chi connectivity index (χ2n) is 8.67. The highest BCUT2D eigenvalue weighted by atomic mass is 79.9. The maximum absolute atomic E-state index is 12.6. The van der Waals surface area contributed by atoms with Crippen LogP contribution in [0, 0.1) is 0 Å². The molecular weight excluding hydrogens is 440 g/mol. The Balaban J connectivity index is 1.83. The van der Waals surface area contributed by atoms with Crippen LogP contribution in [0.15, 0.2) is 21.5 Å². The van der Waals surface area contributed by atoms with E-state index in [1.807, 2.05) is 10.6 Å². The van der Waals surface area contributed by atoms with Crippen molar-refractivity contribution in [2.75, 3.05) is 13.2 Å². The van der Waals surface area contributed by atoms with Crippen LogP contribution in [0.2, 0.25) is 25.7 Å². The SMILES string of the molecule is Cn1cc(Br)c2c(cc(COC3CCCCO3)n2COCC[Si](C)(C)C)c1=O. The van der Waals surface area contributed by atoms with E-state index in [4.69, 9.17) is 14.2 Å². The third-order valence-electron chi connectivity index (χ3n) is 5.04. The smallest absolute Gasteiger partial charge is 0.259 e. The quantitative estimate of drug-likeness (QED) is 0.422. The third kappa shape index (κ3) is 5.36. The minimum atomic E-state index is -1.15. The van der Waals surface area contributed by atoms with Gasteiger partial charge in [-0.25, -0.2) is 0 Å². The van der Waals surface area contributed by atoms with Crippen molar-refractivity contribution in [1.82, 2.24) is 9.13 Å². The van der Waals surface area contributed by atoms with Gasteiger partial charge in [-0.15, -0.1) is 0 Å². The van der Waals surface area contributed by atoms with Gasteiger partial charge in [-0.2, -0.15) is 0 Å². The molecule has 8 heteroatoms. The Morgan fingerprint density at radius 3 is 2.79 bits per heavy atom. The third-order valence-corrected chi connectivity index (χ3v) is 7.32. The summed E-state index contributed by atoms with van der Waals surface area (Å²) in [4.78, 5) is 12.6. The molecule has 0 amide bonds. The van der Waals surface area contributed by atoms with Gasteiger partial charge in [-0.05, 0) is 47.3 Å². The standard InChI is InChI=1S/C20H31BrN2O4Si/c1-22-12-17(21)19-16(20(22)24)11-15(13-27-18-7-5-6-8-26-18)23(19)14-25-9-10-28(2,3)4/h11-12,18H,5-10,13-14H2,1-4H3. The first-order valence-corrected chi connectivity index (χ1v) is 14.4. The minimum absolute atomic E-state index is 0.0192. The highest BCUT2D eigenvalue weighted by molar-refractivity contribution is 9.10. The van der Waals surface area contributed by atoms with Crippen LogP contribution >= 0.6 is 15.9 Å². The van der Waals surface area contributed by atoms with E-state index < -0.39 is 8.07 Å². The molecule has 3 heterocycles. The molecule has 1 aliphatic heterocycles. The molecule has 2 aromatic rings. The molecule has 1 aliphatic rings. The Bertz CT molecular complexity index is 866. The number of hydrogen-bond acceptors (Lipinski definition) is 4. The van der Waals surface area contributed by atoms with E-state index in [-0.39, 0.29) is 11.8 Å². The average molecular weight is 471 g/mol. The van der Waals surface area contributed by atoms with Crippen LogP contribution < -0.4 is 5.56 Å². The maximum atomic E-state index is 12.6. The predicted octanol–water partition coefficient (Wildman–Crippen LogP) is 4.46. The lowest BCUT2D eigenvalue weighted by molar-refractivity contribution is -0.170. The van der Waals surface area contributed by atoms with E-state index in [1.165, 1.54) is 0 Å². The van der Waals surface area contributed by atoms with Gasteiger partial charge in [-0.1, -0.05) is 19.6 Å². The summed E-state index contributed by atoms with van der Waals surface area (Å²) in [5.41, 5.74) is 1.77. The molecule has 0 bridgehead atoms. The Morgan fingerprint density at radius 1 is 1.32 bits per heavy atom. The minimum Gasteiger partial charge on any atom is -0.361 e. The zero-order chi connectivity index (χ0) is 20.3. The molecule has 0 N–H and O–H groups in total. The number of aromatic nitrogens is 2. The van der Waals surface area contributed by atoms with Crippen molar-refractivity contribution in [3.8, 4) is 0 Å². The monoisotopic (exact) mass is 470 g/mol. The Hall–Kier alpha value is -0.933. The van der Waals surface area contributed by atoms with Crippen molar-refractivity contribution in [1.29, 1.82) is 0 Å². The molecule has 0 aliphatic carbocycles. The zero-order valence-corrected chi connectivity index (χ0v) is 19.9. The first-order chi connectivity index (χ1) is 13.3. The van der Waals surface area contributed by atoms with E-state index in [0.29, 0.717) is 18.7 Å². The lowest BCUT2D eigenvalue weighted by Crippen LogP contribution is -2.23. The maximum Gasteiger partial charge on any atom is 0.259 e. The largest absolute Gasteiger partial charge is 0.361 e. The predicted molar refractivity (Wildman–Crippen MR) is 117 cm³/mol. The topological polar surface area (TPSA) is 54.6 Å². The number of ether oxygens (including phenoxy) is 3. The fourth-order valence-corrected chi connectivity index (χ4v) is 4.82. The van der Waals surface area contributed by atoms with Gasteiger partial charge in [-0.3, -0.25) is 4.79 Å². The van der Waals surface area contributed by atoms with Crippen LogP contribution in [0.4, 0.5) is 0 Å². The van der Waals surface area contributed by atoms with Gasteiger partial charge in [0.1, 0.15) is 6.73 Å². The number of hydrogen-bond donors (Lipinski definition) is 0. The van der Waals surface area contributed by atoms with Gasteiger partial charge in [0.25, 0.3) is 5.56 Å². The fourth-order valence-electron chi connectivity index (χ4n) is 3.32. The summed E-state index contributed by atoms with van der Waals surface area (Å²) in [6.07, 6.45) is 4.77. The van der Waals surface area contributed by atoms with E-state index in [9.17, 15) is 4.79 Å². The Labute approximate surface area is 175 Å². The van der Waals surface area contributed by atoms with Crippen LogP contribution in [0.25, 0.3) is 10.9 Å². The van der Waals surface area contributed by atoms with Gasteiger partial charge >= 0.3 is 0 Å². The second-order valence-corrected chi connectivity index (χ2v) is 15.1. The number of nitrogens with zero attached hydrogens (tertiary/aromatic N) is 2. The molecule has 6 nitrogen and oxygen atoms in total. The Kier molecular flexibility index (Phi) is 7.20. The molecule has 1 atom stereocenters. The van der Waals surface area contributed by atoms with Crippen molar-refractivity contribution in [3.63, 3.8) is 0 Å². The summed E-state index contributed by atoms with van der Waals surface area (Å²) < 4.78 is 22.2. The number of rotatable bonds is 8. The first kappa shape index (κ1) is 21.8. The fraction of sp³-hybridized carbons (Fsp3) is 0.650. The summed E-state index contributed by atoms with van der Waals surface area (Å²) in [6.45, 7) is 9.29. The van der Waals surface area contributed by atoms with Crippen molar-refractivity contribution in [2.24, 2.45) is 7.05 Å². The van der Waals surface area contributed by atoms with Crippen molar-refractivity contribution >= 4 is 34.9 Å². The van der Waals surface area contributed by atoms with E-state index in [0.717, 1.165) is 54.2 Å². The molecule has 156 valence electrons. The average Bonchev–Trinajstić information content (AvgIpc) is 3.01. The molecule has 1 unspecified atom stereocenters. The van der Waals surface area contributed by atoms with Crippen LogP contribution in [0.1, 0.15) is 25.0 Å². The van der Waals surface area contributed by atoms with E-state index in [2.05, 4.69) is 35.6 Å². The van der Waals surface area contributed by atoms with Gasteiger partial charge in [0.2, 0.25) is 0 Å². The summed E-state index contributed by atoms with van der Waals surface area (Å²) in [5, 5.41) is 0.675. The molecule has 1 saturated heterocycles. The van der Waals surface area contributed by atoms with Gasteiger partial charge < -0.3 is 23.3 Å². The summed E-state index contributed by atoms with van der Waals surface area (Å²) in [7, 11) is 0.615. The Morgan fingerprint density at radius 2 is 2.11 bits per heavy atom. The molecule has 3 rings (SSSR count). The summed E-state index contributed by atoms with van der Waals surface area (Å²) >= 11 is 3.62. The molecule has 2 aromatic heterocycles. The van der Waals surface area contributed by atoms with Crippen LogP contribution in [-0.4, -0.2) is 36.7 Å². The van der Waals surface area contributed by atoms with Gasteiger partial charge in [0, 0.05) is 40.2 Å². The molecular formula is C20H31BrN2O4Si. The van der Waals surface area contributed by atoms with Crippen molar-refractivity contribution in [3.05, 3.63) is 32.8 Å².